The second-order valence-electron chi connectivity index (χ2n) is 6.95. The van der Waals surface area contributed by atoms with Crippen LogP contribution in [0.2, 0.25) is 0 Å². The first kappa shape index (κ1) is 20.2. The number of amides is 1. The summed E-state index contributed by atoms with van der Waals surface area (Å²) in [6.45, 7) is 9.50. The first-order valence-electron chi connectivity index (χ1n) is 8.85. The van der Waals surface area contributed by atoms with E-state index in [4.69, 9.17) is 4.74 Å². The van der Waals surface area contributed by atoms with E-state index in [1.54, 1.807) is 36.6 Å². The lowest BCUT2D eigenvalue weighted by atomic mass is 9.86. The molecule has 0 unspecified atom stereocenters. The molecule has 1 aromatic carbocycles. The Morgan fingerprint density at radius 2 is 1.85 bits per heavy atom. The van der Waals surface area contributed by atoms with E-state index in [9.17, 15) is 14.9 Å². The summed E-state index contributed by atoms with van der Waals surface area (Å²) in [7, 11) is 0. The SMILES string of the molecule is CCOC(=O)c1cc(C)n(CC(=O)Nc2ccc(C(C)(C)C#N)cc2)c1C. The van der Waals surface area contributed by atoms with Crippen molar-refractivity contribution in [3.8, 4) is 6.07 Å². The number of anilines is 1. The smallest absolute Gasteiger partial charge is 0.339 e. The highest BCUT2D eigenvalue weighted by Crippen LogP contribution is 2.23. The third kappa shape index (κ3) is 4.56. The van der Waals surface area contributed by atoms with Crippen LogP contribution in [0.25, 0.3) is 0 Å². The normalized spacial score (nSPS) is 11.0. The van der Waals surface area contributed by atoms with Gasteiger partial charge in [-0.2, -0.15) is 5.26 Å². The summed E-state index contributed by atoms with van der Waals surface area (Å²) < 4.78 is 6.84. The van der Waals surface area contributed by atoms with Gasteiger partial charge in [0.2, 0.25) is 5.91 Å². The fourth-order valence-electron chi connectivity index (χ4n) is 2.84. The molecule has 0 saturated heterocycles. The molecule has 0 aliphatic heterocycles. The minimum absolute atomic E-state index is 0.0997. The maximum absolute atomic E-state index is 12.4. The Kier molecular flexibility index (Phi) is 6.06. The van der Waals surface area contributed by atoms with E-state index in [1.807, 2.05) is 32.9 Å². The summed E-state index contributed by atoms with van der Waals surface area (Å²) in [5.74, 6) is -0.576. The first-order chi connectivity index (χ1) is 12.7. The van der Waals surface area contributed by atoms with Crippen molar-refractivity contribution in [2.24, 2.45) is 0 Å². The van der Waals surface area contributed by atoms with Crippen LogP contribution >= 0.6 is 0 Å². The van der Waals surface area contributed by atoms with Gasteiger partial charge in [-0.05, 0) is 58.4 Å². The molecule has 1 amide bonds. The fraction of sp³-hybridized carbons (Fsp3) is 0.381. The van der Waals surface area contributed by atoms with E-state index in [0.29, 0.717) is 23.6 Å². The molecular formula is C21H25N3O3. The van der Waals surface area contributed by atoms with Crippen LogP contribution in [0.3, 0.4) is 0 Å². The second kappa shape index (κ2) is 8.09. The number of aromatic nitrogens is 1. The molecule has 1 aromatic heterocycles. The van der Waals surface area contributed by atoms with Crippen LogP contribution in [-0.2, 0) is 21.5 Å². The standard InChI is InChI=1S/C21H25N3O3/c1-6-27-20(26)18-11-14(2)24(15(18)3)12-19(25)23-17-9-7-16(8-10-17)21(4,5)13-22/h7-11H,6,12H2,1-5H3,(H,23,25). The molecular weight excluding hydrogens is 342 g/mol. The molecule has 0 radical (unpaired) electrons. The molecule has 6 heteroatoms. The molecule has 1 heterocycles. The largest absolute Gasteiger partial charge is 0.462 e. The third-order valence-electron chi connectivity index (χ3n) is 4.54. The van der Waals surface area contributed by atoms with Gasteiger partial charge in [0, 0.05) is 17.1 Å². The van der Waals surface area contributed by atoms with Crippen molar-refractivity contribution < 1.29 is 14.3 Å². The van der Waals surface area contributed by atoms with Gasteiger partial charge in [0.1, 0.15) is 6.54 Å². The van der Waals surface area contributed by atoms with E-state index >= 15 is 0 Å². The zero-order chi connectivity index (χ0) is 20.2. The number of benzene rings is 1. The fourth-order valence-corrected chi connectivity index (χ4v) is 2.84. The minimum atomic E-state index is -0.578. The summed E-state index contributed by atoms with van der Waals surface area (Å²) in [5.41, 5.74) is 2.96. The van der Waals surface area contributed by atoms with Crippen LogP contribution in [0.5, 0.6) is 0 Å². The van der Waals surface area contributed by atoms with Gasteiger partial charge in [-0.3, -0.25) is 4.79 Å². The van der Waals surface area contributed by atoms with Crippen molar-refractivity contribution in [1.29, 1.82) is 5.26 Å². The van der Waals surface area contributed by atoms with Crippen LogP contribution < -0.4 is 5.32 Å². The highest BCUT2D eigenvalue weighted by molar-refractivity contribution is 5.93. The van der Waals surface area contributed by atoms with Crippen LogP contribution in [0.4, 0.5) is 5.69 Å². The monoisotopic (exact) mass is 367 g/mol. The Labute approximate surface area is 159 Å². The van der Waals surface area contributed by atoms with Crippen LogP contribution in [-0.4, -0.2) is 23.1 Å². The van der Waals surface area contributed by atoms with E-state index in [2.05, 4.69) is 11.4 Å². The molecule has 0 aliphatic carbocycles. The molecule has 27 heavy (non-hydrogen) atoms. The van der Waals surface area contributed by atoms with Crippen molar-refractivity contribution in [2.45, 2.75) is 46.6 Å². The lowest BCUT2D eigenvalue weighted by molar-refractivity contribution is -0.116. The molecule has 0 fully saturated rings. The quantitative estimate of drug-likeness (QED) is 0.789. The second-order valence-corrected chi connectivity index (χ2v) is 6.95. The van der Waals surface area contributed by atoms with Crippen molar-refractivity contribution in [1.82, 2.24) is 4.57 Å². The van der Waals surface area contributed by atoms with Crippen LogP contribution in [0.15, 0.2) is 30.3 Å². The van der Waals surface area contributed by atoms with Crippen molar-refractivity contribution in [3.05, 3.63) is 52.8 Å². The first-order valence-corrected chi connectivity index (χ1v) is 8.85. The summed E-state index contributed by atoms with van der Waals surface area (Å²) in [6.07, 6.45) is 0. The Morgan fingerprint density at radius 3 is 2.41 bits per heavy atom. The number of hydrogen-bond acceptors (Lipinski definition) is 4. The molecule has 142 valence electrons. The highest BCUT2D eigenvalue weighted by Gasteiger charge is 2.20. The molecule has 6 nitrogen and oxygen atoms in total. The van der Waals surface area contributed by atoms with E-state index in [0.717, 1.165) is 11.3 Å². The van der Waals surface area contributed by atoms with Gasteiger partial charge < -0.3 is 14.6 Å². The molecule has 0 bridgehead atoms. The predicted molar refractivity (Wildman–Crippen MR) is 104 cm³/mol. The Morgan fingerprint density at radius 1 is 1.22 bits per heavy atom. The Bertz CT molecular complexity index is 887. The van der Waals surface area contributed by atoms with Crippen molar-refractivity contribution >= 4 is 17.6 Å². The summed E-state index contributed by atoms with van der Waals surface area (Å²) in [6, 6.07) is 11.2. The number of hydrogen-bond donors (Lipinski definition) is 1. The average molecular weight is 367 g/mol. The van der Waals surface area contributed by atoms with Crippen molar-refractivity contribution in [2.75, 3.05) is 11.9 Å². The molecule has 2 rings (SSSR count). The minimum Gasteiger partial charge on any atom is -0.462 e. The maximum atomic E-state index is 12.4. The molecule has 0 atom stereocenters. The lowest BCUT2D eigenvalue weighted by Gasteiger charge is -2.16. The van der Waals surface area contributed by atoms with Gasteiger partial charge >= 0.3 is 5.97 Å². The van der Waals surface area contributed by atoms with Crippen LogP contribution in [0.1, 0.15) is 48.1 Å². The molecule has 0 saturated carbocycles. The van der Waals surface area contributed by atoms with E-state index < -0.39 is 5.41 Å². The molecule has 0 spiro atoms. The Balaban J connectivity index is 2.10. The number of rotatable bonds is 6. The topological polar surface area (TPSA) is 84.1 Å². The molecule has 0 aliphatic rings. The van der Waals surface area contributed by atoms with Gasteiger partial charge in [-0.15, -0.1) is 0 Å². The van der Waals surface area contributed by atoms with Gasteiger partial charge in [0.15, 0.2) is 0 Å². The number of esters is 1. The zero-order valence-electron chi connectivity index (χ0n) is 16.4. The third-order valence-corrected chi connectivity index (χ3v) is 4.54. The van der Waals surface area contributed by atoms with Gasteiger partial charge in [-0.1, -0.05) is 12.1 Å². The van der Waals surface area contributed by atoms with Gasteiger partial charge in [0.05, 0.1) is 23.7 Å². The van der Waals surface area contributed by atoms with E-state index in [-0.39, 0.29) is 18.4 Å². The number of nitrogens with one attached hydrogen (secondary N) is 1. The predicted octanol–water partition coefficient (Wildman–Crippen LogP) is 3.72. The number of carbonyl (C=O) groups is 2. The van der Waals surface area contributed by atoms with Gasteiger partial charge in [-0.25, -0.2) is 4.79 Å². The number of carbonyl (C=O) groups excluding carboxylic acids is 2. The number of ether oxygens (including phenoxy) is 1. The molecule has 1 N–H and O–H groups in total. The van der Waals surface area contributed by atoms with E-state index in [1.165, 1.54) is 0 Å². The van der Waals surface area contributed by atoms with Crippen molar-refractivity contribution in [3.63, 3.8) is 0 Å². The number of nitriles is 1. The summed E-state index contributed by atoms with van der Waals surface area (Å²) in [4.78, 5) is 24.4. The maximum Gasteiger partial charge on any atom is 0.339 e. The Hall–Kier alpha value is -3.07. The summed E-state index contributed by atoms with van der Waals surface area (Å²) in [5, 5.41) is 12.0. The van der Waals surface area contributed by atoms with Crippen LogP contribution in [0, 0.1) is 25.2 Å². The van der Waals surface area contributed by atoms with Gasteiger partial charge in [0.25, 0.3) is 0 Å². The number of nitrogens with zero attached hydrogens (tertiary/aromatic N) is 2. The highest BCUT2D eigenvalue weighted by atomic mass is 16.5. The molecule has 2 aromatic rings. The number of aryl methyl sites for hydroxylation is 1. The summed E-state index contributed by atoms with van der Waals surface area (Å²) >= 11 is 0. The lowest BCUT2D eigenvalue weighted by Crippen LogP contribution is -2.21. The average Bonchev–Trinajstić information content (AvgIpc) is 2.90. The zero-order valence-corrected chi connectivity index (χ0v) is 16.4.